The fraction of sp³-hybridized carbons (Fsp3) is 0.368. The second-order valence-corrected chi connectivity index (χ2v) is 6.58. The van der Waals surface area contributed by atoms with Gasteiger partial charge in [-0.3, -0.25) is 14.4 Å². The van der Waals surface area contributed by atoms with Gasteiger partial charge in [-0.05, 0) is 44.0 Å². The Bertz CT molecular complexity index is 864. The molecule has 3 rings (SSSR count). The second-order valence-electron chi connectivity index (χ2n) is 6.58. The number of nitrogens with zero attached hydrogens (tertiary/aromatic N) is 2. The molecule has 0 unspecified atom stereocenters. The first-order valence-corrected chi connectivity index (χ1v) is 8.72. The molecule has 1 aromatic heterocycles. The number of hydrogen-bond acceptors (Lipinski definition) is 5. The van der Waals surface area contributed by atoms with Gasteiger partial charge in [-0.1, -0.05) is 0 Å². The summed E-state index contributed by atoms with van der Waals surface area (Å²) in [5.74, 6) is -1.14. The van der Waals surface area contributed by atoms with Crippen LogP contribution in [0, 0.1) is 19.8 Å². The smallest absolute Gasteiger partial charge is 0.306 e. The molecule has 0 radical (unpaired) electrons. The van der Waals surface area contributed by atoms with Crippen molar-refractivity contribution in [1.82, 2.24) is 9.88 Å². The van der Waals surface area contributed by atoms with E-state index >= 15 is 0 Å². The lowest BCUT2D eigenvalue weighted by atomic mass is 9.96. The van der Waals surface area contributed by atoms with E-state index in [1.807, 2.05) is 0 Å². The Balaban J connectivity index is 1.62. The van der Waals surface area contributed by atoms with Crippen LogP contribution in [0.3, 0.4) is 0 Å². The van der Waals surface area contributed by atoms with Gasteiger partial charge in [0.15, 0.2) is 5.89 Å². The molecule has 2 heterocycles. The third-order valence-corrected chi connectivity index (χ3v) is 4.63. The summed E-state index contributed by atoms with van der Waals surface area (Å²) in [4.78, 5) is 41.5. The van der Waals surface area contributed by atoms with E-state index in [0.29, 0.717) is 48.8 Å². The van der Waals surface area contributed by atoms with Gasteiger partial charge in [-0.2, -0.15) is 0 Å². The molecule has 2 aromatic rings. The molecule has 1 aliphatic rings. The highest BCUT2D eigenvalue weighted by Crippen LogP contribution is 2.20. The SMILES string of the molecule is Cc1nc(C)c(C(=O)Nc2ccc(C(=O)N3CCC(C(=O)O)CC3)cc2)o1. The molecular weight excluding hydrogens is 350 g/mol. The van der Waals surface area contributed by atoms with Crippen molar-refractivity contribution < 1.29 is 23.9 Å². The Morgan fingerprint density at radius 3 is 2.30 bits per heavy atom. The summed E-state index contributed by atoms with van der Waals surface area (Å²) in [7, 11) is 0. The maximum absolute atomic E-state index is 12.5. The topological polar surface area (TPSA) is 113 Å². The van der Waals surface area contributed by atoms with Crippen LogP contribution >= 0.6 is 0 Å². The van der Waals surface area contributed by atoms with Crippen LogP contribution in [0.4, 0.5) is 5.69 Å². The zero-order valence-electron chi connectivity index (χ0n) is 15.2. The maximum Gasteiger partial charge on any atom is 0.306 e. The number of carbonyl (C=O) groups excluding carboxylic acids is 2. The summed E-state index contributed by atoms with van der Waals surface area (Å²) < 4.78 is 5.29. The summed E-state index contributed by atoms with van der Waals surface area (Å²) in [5, 5.41) is 11.7. The van der Waals surface area contributed by atoms with Crippen molar-refractivity contribution in [1.29, 1.82) is 0 Å². The molecule has 8 heteroatoms. The molecule has 0 spiro atoms. The molecule has 1 saturated heterocycles. The highest BCUT2D eigenvalue weighted by molar-refractivity contribution is 6.03. The first-order valence-electron chi connectivity index (χ1n) is 8.72. The average Bonchev–Trinajstić information content (AvgIpc) is 3.00. The van der Waals surface area contributed by atoms with E-state index in [0.717, 1.165) is 0 Å². The number of aryl methyl sites for hydroxylation is 2. The van der Waals surface area contributed by atoms with Crippen molar-refractivity contribution in [2.24, 2.45) is 5.92 Å². The Kier molecular flexibility index (Phi) is 5.25. The Labute approximate surface area is 156 Å². The number of oxazole rings is 1. The normalized spacial score (nSPS) is 14.8. The van der Waals surface area contributed by atoms with Gasteiger partial charge in [-0.25, -0.2) is 4.98 Å². The van der Waals surface area contributed by atoms with Crippen molar-refractivity contribution in [2.45, 2.75) is 26.7 Å². The van der Waals surface area contributed by atoms with Crippen molar-refractivity contribution in [3.8, 4) is 0 Å². The van der Waals surface area contributed by atoms with E-state index in [1.165, 1.54) is 0 Å². The number of rotatable bonds is 4. The van der Waals surface area contributed by atoms with Crippen molar-refractivity contribution in [3.63, 3.8) is 0 Å². The summed E-state index contributed by atoms with van der Waals surface area (Å²) in [5.41, 5.74) is 1.55. The highest BCUT2D eigenvalue weighted by atomic mass is 16.4. The van der Waals surface area contributed by atoms with Gasteiger partial charge >= 0.3 is 5.97 Å². The van der Waals surface area contributed by atoms with Crippen LogP contribution in [0.1, 0.15) is 45.3 Å². The quantitative estimate of drug-likeness (QED) is 0.854. The largest absolute Gasteiger partial charge is 0.481 e. The standard InChI is InChI=1S/C19H21N3O5/c1-11-16(27-12(2)20-11)17(23)21-15-5-3-13(4-6-15)18(24)22-9-7-14(8-10-22)19(25)26/h3-6,14H,7-10H2,1-2H3,(H,21,23)(H,25,26). The number of anilines is 1. The zero-order chi connectivity index (χ0) is 19.6. The van der Waals surface area contributed by atoms with Crippen LogP contribution in [0.5, 0.6) is 0 Å². The van der Waals surface area contributed by atoms with E-state index in [-0.39, 0.29) is 17.6 Å². The molecule has 1 aliphatic heterocycles. The number of aromatic nitrogens is 1. The highest BCUT2D eigenvalue weighted by Gasteiger charge is 2.27. The number of carboxylic acid groups (broad SMARTS) is 1. The number of benzene rings is 1. The summed E-state index contributed by atoms with van der Waals surface area (Å²) in [6.45, 7) is 4.22. The molecule has 0 saturated carbocycles. The summed E-state index contributed by atoms with van der Waals surface area (Å²) in [6, 6.07) is 6.57. The maximum atomic E-state index is 12.5. The van der Waals surface area contributed by atoms with E-state index in [2.05, 4.69) is 10.3 Å². The van der Waals surface area contributed by atoms with E-state index < -0.39 is 11.9 Å². The Morgan fingerprint density at radius 1 is 1.15 bits per heavy atom. The fourth-order valence-corrected chi connectivity index (χ4v) is 3.14. The number of hydrogen-bond donors (Lipinski definition) is 2. The van der Waals surface area contributed by atoms with Gasteiger partial charge in [0.2, 0.25) is 5.76 Å². The molecule has 0 aliphatic carbocycles. The lowest BCUT2D eigenvalue weighted by Gasteiger charge is -2.30. The number of amides is 2. The molecule has 8 nitrogen and oxygen atoms in total. The van der Waals surface area contributed by atoms with Gasteiger partial charge < -0.3 is 19.7 Å². The fourth-order valence-electron chi connectivity index (χ4n) is 3.14. The summed E-state index contributed by atoms with van der Waals surface area (Å²) >= 11 is 0. The predicted molar refractivity (Wildman–Crippen MR) is 96.6 cm³/mol. The van der Waals surface area contributed by atoms with Crippen LogP contribution in [0.15, 0.2) is 28.7 Å². The third kappa shape index (κ3) is 4.16. The molecule has 2 N–H and O–H groups in total. The minimum atomic E-state index is -0.806. The Morgan fingerprint density at radius 2 is 1.78 bits per heavy atom. The molecule has 2 amide bonds. The van der Waals surface area contributed by atoms with Crippen LogP contribution in [-0.2, 0) is 4.79 Å². The summed E-state index contributed by atoms with van der Waals surface area (Å²) in [6.07, 6.45) is 0.927. The van der Waals surface area contributed by atoms with Gasteiger partial charge in [0.1, 0.15) is 0 Å². The van der Waals surface area contributed by atoms with Crippen LogP contribution in [0.25, 0.3) is 0 Å². The van der Waals surface area contributed by atoms with Crippen molar-refractivity contribution in [2.75, 3.05) is 18.4 Å². The lowest BCUT2D eigenvalue weighted by molar-refractivity contribution is -0.143. The molecule has 1 aromatic carbocycles. The number of carbonyl (C=O) groups is 3. The van der Waals surface area contributed by atoms with Gasteiger partial charge in [0.25, 0.3) is 11.8 Å². The van der Waals surface area contributed by atoms with Gasteiger partial charge in [-0.15, -0.1) is 0 Å². The molecule has 0 bridgehead atoms. The number of nitrogens with one attached hydrogen (secondary N) is 1. The lowest BCUT2D eigenvalue weighted by Crippen LogP contribution is -2.40. The number of likely N-dealkylation sites (tertiary alicyclic amines) is 1. The molecular formula is C19H21N3O5. The van der Waals surface area contributed by atoms with Crippen molar-refractivity contribution in [3.05, 3.63) is 47.2 Å². The minimum Gasteiger partial charge on any atom is -0.481 e. The number of piperidine rings is 1. The number of carboxylic acids is 1. The van der Waals surface area contributed by atoms with Crippen molar-refractivity contribution >= 4 is 23.5 Å². The molecule has 142 valence electrons. The first kappa shape index (κ1) is 18.6. The average molecular weight is 371 g/mol. The Hall–Kier alpha value is -3.16. The molecule has 1 fully saturated rings. The zero-order valence-corrected chi connectivity index (χ0v) is 15.2. The van der Waals surface area contributed by atoms with Crippen LogP contribution in [0.2, 0.25) is 0 Å². The first-order chi connectivity index (χ1) is 12.8. The van der Waals surface area contributed by atoms with Crippen LogP contribution in [-0.4, -0.2) is 45.9 Å². The predicted octanol–water partition coefficient (Wildman–Crippen LogP) is 2.48. The number of aliphatic carboxylic acids is 1. The van der Waals surface area contributed by atoms with Gasteiger partial charge in [0.05, 0.1) is 11.6 Å². The second kappa shape index (κ2) is 7.61. The monoisotopic (exact) mass is 371 g/mol. The molecule has 27 heavy (non-hydrogen) atoms. The van der Waals surface area contributed by atoms with E-state index in [9.17, 15) is 14.4 Å². The van der Waals surface area contributed by atoms with E-state index in [1.54, 1.807) is 43.0 Å². The molecule has 0 atom stereocenters. The minimum absolute atomic E-state index is 0.140. The van der Waals surface area contributed by atoms with Gasteiger partial charge in [0, 0.05) is 31.3 Å². The van der Waals surface area contributed by atoms with Crippen LogP contribution < -0.4 is 5.32 Å². The van der Waals surface area contributed by atoms with E-state index in [4.69, 9.17) is 9.52 Å². The third-order valence-electron chi connectivity index (χ3n) is 4.63.